The Kier molecular flexibility index (Phi) is 4.32. The van der Waals surface area contributed by atoms with Crippen LogP contribution in [0, 0.1) is 11.6 Å². The zero-order chi connectivity index (χ0) is 17.1. The van der Waals surface area contributed by atoms with Gasteiger partial charge >= 0.3 is 0 Å². The van der Waals surface area contributed by atoms with E-state index in [0.29, 0.717) is 6.54 Å². The van der Waals surface area contributed by atoms with Crippen molar-refractivity contribution in [2.75, 3.05) is 7.05 Å². The molecule has 0 bridgehead atoms. The quantitative estimate of drug-likeness (QED) is 0.770. The fourth-order valence-corrected chi connectivity index (χ4v) is 2.21. The van der Waals surface area contributed by atoms with Gasteiger partial charge in [-0.3, -0.25) is 9.89 Å². The van der Waals surface area contributed by atoms with Crippen LogP contribution >= 0.6 is 0 Å². The molecule has 0 saturated heterocycles. The van der Waals surface area contributed by atoms with E-state index in [1.165, 1.54) is 34.0 Å². The molecule has 7 nitrogen and oxygen atoms in total. The molecule has 1 amide bonds. The van der Waals surface area contributed by atoms with E-state index in [2.05, 4.69) is 20.5 Å². The van der Waals surface area contributed by atoms with Crippen molar-refractivity contribution in [3.05, 3.63) is 65.2 Å². The zero-order valence-electron chi connectivity index (χ0n) is 12.8. The molecule has 3 rings (SSSR count). The Morgan fingerprint density at radius 2 is 2.04 bits per heavy atom. The highest BCUT2D eigenvalue weighted by atomic mass is 19.1. The van der Waals surface area contributed by atoms with E-state index >= 15 is 0 Å². The van der Waals surface area contributed by atoms with Gasteiger partial charge in [-0.05, 0) is 18.2 Å². The second kappa shape index (κ2) is 6.57. The maximum atomic E-state index is 13.7. The number of hydrogen-bond acceptors (Lipinski definition) is 4. The van der Waals surface area contributed by atoms with Crippen molar-refractivity contribution in [2.45, 2.75) is 13.1 Å². The highest BCUT2D eigenvalue weighted by molar-refractivity contribution is 5.91. The van der Waals surface area contributed by atoms with Crippen LogP contribution in [-0.4, -0.2) is 43.0 Å². The number of aromatic amines is 1. The van der Waals surface area contributed by atoms with Gasteiger partial charge in [-0.15, -0.1) is 5.10 Å². The van der Waals surface area contributed by atoms with Crippen LogP contribution in [0.2, 0.25) is 0 Å². The summed E-state index contributed by atoms with van der Waals surface area (Å²) in [7, 11) is 1.61. The SMILES string of the molecule is CN(Cc1ccn[nH]1)C(=O)c1cn(Cc2c(F)cccc2F)nn1. The first-order valence-corrected chi connectivity index (χ1v) is 7.11. The lowest BCUT2D eigenvalue weighted by molar-refractivity contribution is 0.0777. The minimum absolute atomic E-state index is 0.0914. The zero-order valence-corrected chi connectivity index (χ0v) is 12.8. The van der Waals surface area contributed by atoms with Gasteiger partial charge in [-0.2, -0.15) is 5.10 Å². The van der Waals surface area contributed by atoms with Gasteiger partial charge in [0, 0.05) is 18.8 Å². The molecule has 0 fully saturated rings. The van der Waals surface area contributed by atoms with Gasteiger partial charge in [0.25, 0.3) is 5.91 Å². The number of halogens is 2. The molecule has 0 aliphatic heterocycles. The van der Waals surface area contributed by atoms with Crippen LogP contribution in [0.25, 0.3) is 0 Å². The van der Waals surface area contributed by atoms with Gasteiger partial charge in [0.05, 0.1) is 25.0 Å². The summed E-state index contributed by atoms with van der Waals surface area (Å²) in [6.45, 7) is 0.177. The molecule has 2 aromatic heterocycles. The first-order chi connectivity index (χ1) is 11.5. The van der Waals surface area contributed by atoms with Crippen LogP contribution in [0.15, 0.2) is 36.7 Å². The highest BCUT2D eigenvalue weighted by Crippen LogP contribution is 2.13. The Morgan fingerprint density at radius 3 is 2.71 bits per heavy atom. The molecule has 0 spiro atoms. The number of hydrogen-bond donors (Lipinski definition) is 1. The highest BCUT2D eigenvalue weighted by Gasteiger charge is 2.17. The van der Waals surface area contributed by atoms with Crippen molar-refractivity contribution >= 4 is 5.91 Å². The molecule has 0 unspecified atom stereocenters. The number of aromatic nitrogens is 5. The molecule has 0 radical (unpaired) electrons. The van der Waals surface area contributed by atoms with Crippen molar-refractivity contribution in [1.29, 1.82) is 0 Å². The summed E-state index contributed by atoms with van der Waals surface area (Å²) in [6.07, 6.45) is 2.95. The standard InChI is InChI=1S/C15H14F2N6O/c1-22(7-10-5-6-18-19-10)15(24)14-9-23(21-20-14)8-11-12(16)3-2-4-13(11)17/h2-6,9H,7-8H2,1H3,(H,18,19). The van der Waals surface area contributed by atoms with E-state index in [-0.39, 0.29) is 23.7 Å². The number of H-pyrrole nitrogens is 1. The summed E-state index contributed by atoms with van der Waals surface area (Å²) in [6, 6.07) is 5.37. The van der Waals surface area contributed by atoms with E-state index in [9.17, 15) is 13.6 Å². The predicted molar refractivity (Wildman–Crippen MR) is 79.9 cm³/mol. The molecule has 0 atom stereocenters. The van der Waals surface area contributed by atoms with E-state index < -0.39 is 11.6 Å². The first-order valence-electron chi connectivity index (χ1n) is 7.11. The summed E-state index contributed by atoms with van der Waals surface area (Å²) in [5.74, 6) is -1.70. The largest absolute Gasteiger partial charge is 0.334 e. The Labute approximate surface area is 135 Å². The van der Waals surface area contributed by atoms with E-state index in [1.807, 2.05) is 0 Å². The van der Waals surface area contributed by atoms with Crippen LogP contribution in [0.1, 0.15) is 21.7 Å². The third-order valence-electron chi connectivity index (χ3n) is 3.45. The molecule has 9 heteroatoms. The van der Waals surface area contributed by atoms with E-state index in [1.54, 1.807) is 19.3 Å². The number of carbonyl (C=O) groups is 1. The Morgan fingerprint density at radius 1 is 1.29 bits per heavy atom. The van der Waals surface area contributed by atoms with E-state index in [0.717, 1.165) is 5.69 Å². The van der Waals surface area contributed by atoms with Gasteiger partial charge in [-0.1, -0.05) is 11.3 Å². The summed E-state index contributed by atoms with van der Waals surface area (Å²) >= 11 is 0. The van der Waals surface area contributed by atoms with Crippen LogP contribution < -0.4 is 0 Å². The smallest absolute Gasteiger partial charge is 0.276 e. The molecule has 0 aliphatic carbocycles. The first kappa shape index (κ1) is 15.8. The maximum Gasteiger partial charge on any atom is 0.276 e. The average Bonchev–Trinajstić information content (AvgIpc) is 3.22. The van der Waals surface area contributed by atoms with Crippen molar-refractivity contribution in [1.82, 2.24) is 30.1 Å². The Hall–Kier alpha value is -3.10. The van der Waals surface area contributed by atoms with Crippen LogP contribution in [0.5, 0.6) is 0 Å². The average molecular weight is 332 g/mol. The molecule has 2 heterocycles. The summed E-state index contributed by atoms with van der Waals surface area (Å²) < 4.78 is 28.5. The minimum atomic E-state index is -0.672. The fourth-order valence-electron chi connectivity index (χ4n) is 2.21. The number of nitrogens with one attached hydrogen (secondary N) is 1. The minimum Gasteiger partial charge on any atom is -0.334 e. The van der Waals surface area contributed by atoms with Gasteiger partial charge in [-0.25, -0.2) is 13.5 Å². The maximum absolute atomic E-state index is 13.7. The molecular formula is C15H14F2N6O. The number of benzene rings is 1. The normalized spacial score (nSPS) is 10.8. The van der Waals surface area contributed by atoms with Crippen molar-refractivity contribution in [3.8, 4) is 0 Å². The molecule has 0 aliphatic rings. The number of amides is 1. The van der Waals surface area contributed by atoms with Crippen LogP contribution in [-0.2, 0) is 13.1 Å². The van der Waals surface area contributed by atoms with Crippen molar-refractivity contribution in [3.63, 3.8) is 0 Å². The molecule has 3 aromatic rings. The number of nitrogens with zero attached hydrogens (tertiary/aromatic N) is 5. The summed E-state index contributed by atoms with van der Waals surface area (Å²) in [4.78, 5) is 13.7. The van der Waals surface area contributed by atoms with Crippen molar-refractivity contribution in [2.24, 2.45) is 0 Å². The van der Waals surface area contributed by atoms with Gasteiger partial charge < -0.3 is 4.90 Å². The Balaban J connectivity index is 1.72. The summed E-state index contributed by atoms with van der Waals surface area (Å²) in [5, 5.41) is 14.1. The van der Waals surface area contributed by atoms with Crippen LogP contribution in [0.4, 0.5) is 8.78 Å². The van der Waals surface area contributed by atoms with Crippen molar-refractivity contribution < 1.29 is 13.6 Å². The number of carbonyl (C=O) groups excluding carboxylic acids is 1. The second-order valence-corrected chi connectivity index (χ2v) is 5.24. The lowest BCUT2D eigenvalue weighted by Gasteiger charge is -2.13. The predicted octanol–water partition coefficient (Wildman–Crippen LogP) is 1.60. The Bertz CT molecular complexity index is 825. The van der Waals surface area contributed by atoms with Crippen LogP contribution in [0.3, 0.4) is 0 Å². The molecule has 124 valence electrons. The third kappa shape index (κ3) is 3.29. The van der Waals surface area contributed by atoms with Gasteiger partial charge in [0.15, 0.2) is 5.69 Å². The monoisotopic (exact) mass is 332 g/mol. The van der Waals surface area contributed by atoms with Gasteiger partial charge in [0.1, 0.15) is 11.6 Å². The lowest BCUT2D eigenvalue weighted by Crippen LogP contribution is -2.26. The van der Waals surface area contributed by atoms with Gasteiger partial charge in [0.2, 0.25) is 0 Å². The third-order valence-corrected chi connectivity index (χ3v) is 3.45. The second-order valence-electron chi connectivity index (χ2n) is 5.24. The topological polar surface area (TPSA) is 79.7 Å². The van der Waals surface area contributed by atoms with E-state index in [4.69, 9.17) is 0 Å². The molecular weight excluding hydrogens is 318 g/mol. The molecule has 1 aromatic carbocycles. The lowest BCUT2D eigenvalue weighted by atomic mass is 10.2. The molecule has 24 heavy (non-hydrogen) atoms. The molecule has 1 N–H and O–H groups in total. The fraction of sp³-hybridized carbons (Fsp3) is 0.200. The number of rotatable bonds is 5. The summed E-state index contributed by atoms with van der Waals surface area (Å²) in [5.41, 5.74) is 0.729. The molecule has 0 saturated carbocycles.